The fourth-order valence-corrected chi connectivity index (χ4v) is 2.85. The standard InChI is InChI=1S/C13H17FN5O4P/c1-2-13(4-3-5-24(20)21)22-6-8(23-13)19-7-16-9-10(15)17-12(14)18-11(9)19/h3,5,7-8,20-21H,2,4,6H2,1H3,(H2,15,17,18)/b5-3+. The molecule has 24 heavy (non-hydrogen) atoms. The molecule has 1 aliphatic heterocycles. The molecule has 2 unspecified atom stereocenters. The molecule has 1 fully saturated rings. The van der Waals surface area contributed by atoms with E-state index < -0.39 is 26.5 Å². The SMILES string of the molecule is CCC1(C/C=C/P(O)O)OCC(n2cnc3c(N)nc(F)nc32)O1. The Kier molecular flexibility index (Phi) is 4.75. The second-order valence-corrected chi connectivity index (χ2v) is 6.20. The highest BCUT2D eigenvalue weighted by Gasteiger charge is 2.40. The smallest absolute Gasteiger partial charge is 0.312 e. The van der Waals surface area contributed by atoms with E-state index in [1.807, 2.05) is 6.92 Å². The van der Waals surface area contributed by atoms with E-state index in [2.05, 4.69) is 15.0 Å². The Hall–Kier alpha value is -1.71. The number of halogens is 1. The van der Waals surface area contributed by atoms with Gasteiger partial charge >= 0.3 is 6.08 Å². The lowest BCUT2D eigenvalue weighted by Crippen LogP contribution is -2.28. The van der Waals surface area contributed by atoms with Gasteiger partial charge in [0.15, 0.2) is 37.4 Å². The van der Waals surface area contributed by atoms with Gasteiger partial charge in [0.25, 0.3) is 0 Å². The van der Waals surface area contributed by atoms with Gasteiger partial charge in [0.1, 0.15) is 0 Å². The number of hydrogen-bond acceptors (Lipinski definition) is 8. The summed E-state index contributed by atoms with van der Waals surface area (Å²) >= 11 is 0. The first-order chi connectivity index (χ1) is 11.4. The van der Waals surface area contributed by atoms with Crippen LogP contribution >= 0.6 is 8.38 Å². The molecule has 9 nitrogen and oxygen atoms in total. The van der Waals surface area contributed by atoms with Gasteiger partial charge in [-0.2, -0.15) is 14.4 Å². The molecule has 0 radical (unpaired) electrons. The molecular weight excluding hydrogens is 340 g/mol. The van der Waals surface area contributed by atoms with Crippen molar-refractivity contribution in [1.82, 2.24) is 19.5 Å². The van der Waals surface area contributed by atoms with Crippen molar-refractivity contribution < 1.29 is 23.7 Å². The maximum absolute atomic E-state index is 13.4. The zero-order valence-electron chi connectivity index (χ0n) is 12.8. The maximum atomic E-state index is 13.4. The molecule has 0 aliphatic carbocycles. The van der Waals surface area contributed by atoms with Crippen LogP contribution in [0.5, 0.6) is 0 Å². The molecule has 4 N–H and O–H groups in total. The van der Waals surface area contributed by atoms with Crippen LogP contribution in [0.25, 0.3) is 11.2 Å². The molecule has 1 saturated heterocycles. The van der Waals surface area contributed by atoms with Crippen LogP contribution in [0.4, 0.5) is 10.2 Å². The zero-order valence-corrected chi connectivity index (χ0v) is 13.7. The summed E-state index contributed by atoms with van der Waals surface area (Å²) in [5.41, 5.74) is 6.17. The van der Waals surface area contributed by atoms with E-state index in [0.29, 0.717) is 18.4 Å². The molecular formula is C13H17FN5O4P. The summed E-state index contributed by atoms with van der Waals surface area (Å²) in [6, 6.07) is 0. The fourth-order valence-electron chi connectivity index (χ4n) is 2.56. The van der Waals surface area contributed by atoms with Crippen molar-refractivity contribution in [3.05, 3.63) is 24.3 Å². The van der Waals surface area contributed by atoms with Crippen LogP contribution in [0, 0.1) is 6.08 Å². The molecule has 2 atom stereocenters. The van der Waals surface area contributed by atoms with Gasteiger partial charge in [0.2, 0.25) is 0 Å². The van der Waals surface area contributed by atoms with Crippen molar-refractivity contribution in [3.8, 4) is 0 Å². The van der Waals surface area contributed by atoms with Gasteiger partial charge in [0, 0.05) is 6.42 Å². The molecule has 1 aliphatic rings. The summed E-state index contributed by atoms with van der Waals surface area (Å²) in [6.07, 6.45) is 2.44. The lowest BCUT2D eigenvalue weighted by Gasteiger charge is -2.25. The summed E-state index contributed by atoms with van der Waals surface area (Å²) < 4.78 is 26.7. The number of anilines is 1. The zero-order chi connectivity index (χ0) is 17.3. The third-order valence-corrected chi connectivity index (χ3v) is 4.25. The van der Waals surface area contributed by atoms with Crippen molar-refractivity contribution in [2.24, 2.45) is 0 Å². The Balaban J connectivity index is 1.85. The van der Waals surface area contributed by atoms with Gasteiger partial charge < -0.3 is 25.0 Å². The number of ether oxygens (including phenoxy) is 2. The van der Waals surface area contributed by atoms with E-state index in [4.69, 9.17) is 25.0 Å². The van der Waals surface area contributed by atoms with Crippen LogP contribution in [0.2, 0.25) is 0 Å². The van der Waals surface area contributed by atoms with E-state index >= 15 is 0 Å². The first kappa shape index (κ1) is 17.1. The molecule has 11 heteroatoms. The third-order valence-electron chi connectivity index (χ3n) is 3.78. The average Bonchev–Trinajstić information content (AvgIpc) is 3.11. The van der Waals surface area contributed by atoms with E-state index in [9.17, 15) is 4.39 Å². The van der Waals surface area contributed by atoms with Crippen LogP contribution in [0.1, 0.15) is 26.0 Å². The predicted molar refractivity (Wildman–Crippen MR) is 83.9 cm³/mol. The molecule has 0 amide bonds. The minimum absolute atomic E-state index is 0.0425. The number of aromatic nitrogens is 4. The topological polar surface area (TPSA) is 129 Å². The Bertz CT molecular complexity index is 770. The van der Waals surface area contributed by atoms with Crippen molar-refractivity contribution in [2.75, 3.05) is 12.3 Å². The second kappa shape index (κ2) is 6.66. The number of rotatable bonds is 5. The maximum Gasteiger partial charge on any atom is 0.312 e. The second-order valence-electron chi connectivity index (χ2n) is 5.26. The monoisotopic (exact) mass is 357 g/mol. The summed E-state index contributed by atoms with van der Waals surface area (Å²) in [5, 5.41) is 0. The molecule has 3 rings (SSSR count). The number of nitrogens with two attached hydrogens (primary N) is 1. The highest BCUT2D eigenvalue weighted by atomic mass is 31.2. The third kappa shape index (κ3) is 3.24. The Morgan fingerprint density at radius 1 is 1.54 bits per heavy atom. The number of nitrogens with zero attached hydrogens (tertiary/aromatic N) is 4. The quantitative estimate of drug-likeness (QED) is 0.541. The Labute approximate surface area is 137 Å². The summed E-state index contributed by atoms with van der Waals surface area (Å²) in [5.74, 6) is 0.349. The largest absolute Gasteiger partial charge is 0.382 e. The van der Waals surface area contributed by atoms with Crippen LogP contribution in [-0.4, -0.2) is 41.7 Å². The highest BCUT2D eigenvalue weighted by molar-refractivity contribution is 7.48. The van der Waals surface area contributed by atoms with E-state index in [1.165, 1.54) is 12.1 Å². The fraction of sp³-hybridized carbons (Fsp3) is 0.462. The van der Waals surface area contributed by atoms with Crippen LogP contribution in [-0.2, 0) is 9.47 Å². The van der Waals surface area contributed by atoms with Crippen LogP contribution in [0.3, 0.4) is 0 Å². The van der Waals surface area contributed by atoms with Crippen LogP contribution in [0.15, 0.2) is 18.2 Å². The van der Waals surface area contributed by atoms with Gasteiger partial charge in [-0.1, -0.05) is 13.0 Å². The Morgan fingerprint density at radius 3 is 3.04 bits per heavy atom. The molecule has 0 saturated carbocycles. The normalized spacial score (nSPS) is 24.6. The van der Waals surface area contributed by atoms with Gasteiger partial charge in [-0.25, -0.2) is 4.98 Å². The molecule has 3 heterocycles. The molecule has 0 spiro atoms. The van der Waals surface area contributed by atoms with Gasteiger partial charge in [0.05, 0.1) is 12.9 Å². The number of hydrogen-bond donors (Lipinski definition) is 3. The molecule has 0 bridgehead atoms. The first-order valence-corrected chi connectivity index (χ1v) is 8.57. The summed E-state index contributed by atoms with van der Waals surface area (Å²) in [7, 11) is -2.11. The molecule has 0 aromatic carbocycles. The van der Waals surface area contributed by atoms with Crippen molar-refractivity contribution in [2.45, 2.75) is 31.8 Å². The minimum Gasteiger partial charge on any atom is -0.382 e. The summed E-state index contributed by atoms with van der Waals surface area (Å²) in [4.78, 5) is 29.1. The highest BCUT2D eigenvalue weighted by Crippen LogP contribution is 2.37. The number of imidazole rings is 1. The lowest BCUT2D eigenvalue weighted by atomic mass is 10.1. The molecule has 130 valence electrons. The minimum atomic E-state index is -2.11. The number of fused-ring (bicyclic) bond motifs is 1. The number of nitrogen functional groups attached to an aromatic ring is 1. The van der Waals surface area contributed by atoms with Crippen LogP contribution < -0.4 is 5.73 Å². The van der Waals surface area contributed by atoms with Crippen molar-refractivity contribution in [1.29, 1.82) is 0 Å². The van der Waals surface area contributed by atoms with Gasteiger partial charge in [-0.05, 0) is 12.2 Å². The molecule has 2 aromatic rings. The van der Waals surface area contributed by atoms with E-state index in [-0.39, 0.29) is 18.1 Å². The Morgan fingerprint density at radius 2 is 2.33 bits per heavy atom. The van der Waals surface area contributed by atoms with Gasteiger partial charge in [-0.15, -0.1) is 0 Å². The average molecular weight is 357 g/mol. The summed E-state index contributed by atoms with van der Waals surface area (Å²) in [6.45, 7) is 2.11. The predicted octanol–water partition coefficient (Wildman–Crippen LogP) is 1.40. The lowest BCUT2D eigenvalue weighted by molar-refractivity contribution is -0.175. The van der Waals surface area contributed by atoms with Crippen molar-refractivity contribution in [3.63, 3.8) is 0 Å². The van der Waals surface area contributed by atoms with E-state index in [0.717, 1.165) is 0 Å². The van der Waals surface area contributed by atoms with E-state index in [1.54, 1.807) is 10.6 Å². The van der Waals surface area contributed by atoms with Crippen molar-refractivity contribution >= 4 is 25.4 Å². The first-order valence-electron chi connectivity index (χ1n) is 7.25. The van der Waals surface area contributed by atoms with Gasteiger partial charge in [-0.3, -0.25) is 4.57 Å². The molecule has 2 aromatic heterocycles.